The Hall–Kier alpha value is -0.433. The molecule has 1 aliphatic heterocycles. The summed E-state index contributed by atoms with van der Waals surface area (Å²) >= 11 is 0. The van der Waals surface area contributed by atoms with Gasteiger partial charge in [0.2, 0.25) is 0 Å². The third-order valence-corrected chi connectivity index (χ3v) is 5.32. The zero-order chi connectivity index (χ0) is 11.1. The second-order valence-corrected chi connectivity index (χ2v) is 6.42. The number of hydrogen-bond donors (Lipinski definition) is 0. The minimum absolute atomic E-state index is 0.511. The summed E-state index contributed by atoms with van der Waals surface area (Å²) in [4.78, 5) is 6.14. The van der Waals surface area contributed by atoms with Crippen molar-refractivity contribution in [1.29, 1.82) is 0 Å². The Kier molecular flexibility index (Phi) is 5.24. The molecule has 0 saturated heterocycles. The highest BCUT2D eigenvalue weighted by Gasteiger charge is 2.38. The summed E-state index contributed by atoms with van der Waals surface area (Å²) in [6.45, 7) is 4.38. The Morgan fingerprint density at radius 3 is 2.60 bits per heavy atom. The van der Waals surface area contributed by atoms with Crippen molar-refractivity contribution >= 4 is 15.1 Å². The van der Waals surface area contributed by atoms with Gasteiger partial charge in [0, 0.05) is 26.8 Å². The molecule has 5 nitrogen and oxygen atoms in total. The molecule has 1 aliphatic rings. The Balaban J connectivity index is 2.39. The van der Waals surface area contributed by atoms with Gasteiger partial charge in [0.1, 0.15) is 6.73 Å². The average molecular weight is 232 g/mol. The summed E-state index contributed by atoms with van der Waals surface area (Å²) in [5.41, 5.74) is 0. The molecular weight excluding hydrogens is 212 g/mol. The highest BCUT2D eigenvalue weighted by Crippen LogP contribution is 2.16. The topological polar surface area (TPSA) is 43.3 Å². The number of aliphatic imine (C=N–C) groups is 1. The number of hydrogen-bond acceptors (Lipinski definition) is 5. The van der Waals surface area contributed by atoms with Gasteiger partial charge in [-0.15, -0.1) is 0 Å². The fourth-order valence-corrected chi connectivity index (χ4v) is 3.41. The molecule has 1 rings (SSSR count). The quantitative estimate of drug-likeness (QED) is 0.613. The second kappa shape index (κ2) is 6.22. The van der Waals surface area contributed by atoms with Crippen LogP contribution in [-0.2, 0) is 13.3 Å². The minimum Gasteiger partial charge on any atom is -0.377 e. The molecule has 6 heteroatoms. The monoisotopic (exact) mass is 232 g/mol. The zero-order valence-electron chi connectivity index (χ0n) is 9.73. The Morgan fingerprint density at radius 1 is 1.40 bits per heavy atom. The van der Waals surface area contributed by atoms with E-state index in [0.717, 1.165) is 25.6 Å². The van der Waals surface area contributed by atoms with Crippen LogP contribution in [0.15, 0.2) is 4.99 Å². The van der Waals surface area contributed by atoms with Gasteiger partial charge in [0.15, 0.2) is 0 Å². The zero-order valence-corrected chi connectivity index (χ0v) is 10.7. The maximum absolute atomic E-state index is 5.78. The van der Waals surface area contributed by atoms with Crippen LogP contribution < -0.4 is 0 Å². The van der Waals surface area contributed by atoms with E-state index in [1.165, 1.54) is 0 Å². The molecule has 0 saturated carbocycles. The highest BCUT2D eigenvalue weighted by atomic mass is 28.4. The summed E-state index contributed by atoms with van der Waals surface area (Å²) in [7, 11) is 0.898. The molecule has 0 aromatic rings. The van der Waals surface area contributed by atoms with Crippen molar-refractivity contribution in [1.82, 2.24) is 4.90 Å². The molecule has 15 heavy (non-hydrogen) atoms. The van der Waals surface area contributed by atoms with Crippen molar-refractivity contribution in [2.75, 3.05) is 34.0 Å². The lowest BCUT2D eigenvalue weighted by molar-refractivity contribution is 0.0660. The summed E-state index contributed by atoms with van der Waals surface area (Å²) in [6.07, 6.45) is 2.82. The van der Waals surface area contributed by atoms with Crippen LogP contribution >= 0.6 is 0 Å². The van der Waals surface area contributed by atoms with Gasteiger partial charge in [-0.3, -0.25) is 4.99 Å². The van der Waals surface area contributed by atoms with E-state index in [0.29, 0.717) is 6.73 Å². The van der Waals surface area contributed by atoms with Crippen LogP contribution in [0.1, 0.15) is 13.3 Å². The predicted octanol–water partition coefficient (Wildman–Crippen LogP) is 0.946. The van der Waals surface area contributed by atoms with Gasteiger partial charge in [-0.25, -0.2) is 0 Å². The molecule has 0 radical (unpaired) electrons. The van der Waals surface area contributed by atoms with Crippen LogP contribution in [0.25, 0.3) is 0 Å². The minimum atomic E-state index is -2.41. The van der Waals surface area contributed by atoms with E-state index in [9.17, 15) is 0 Å². The first-order chi connectivity index (χ1) is 7.26. The first-order valence-corrected chi connectivity index (χ1v) is 7.18. The lowest BCUT2D eigenvalue weighted by Crippen LogP contribution is -2.46. The third-order valence-electron chi connectivity index (χ3n) is 2.39. The summed E-state index contributed by atoms with van der Waals surface area (Å²) in [5.74, 6) is 0. The van der Waals surface area contributed by atoms with Gasteiger partial charge >= 0.3 is 8.80 Å². The van der Waals surface area contributed by atoms with Crippen LogP contribution in [0.5, 0.6) is 0 Å². The van der Waals surface area contributed by atoms with Gasteiger partial charge in [-0.1, -0.05) is 13.3 Å². The molecule has 0 fully saturated rings. The molecule has 88 valence electrons. The first-order valence-electron chi connectivity index (χ1n) is 5.24. The second-order valence-electron chi connectivity index (χ2n) is 3.45. The maximum Gasteiger partial charge on any atom is 0.501 e. The average Bonchev–Trinajstić information content (AvgIpc) is 2.77. The normalized spacial score (nSPS) is 16.3. The molecule has 0 atom stereocenters. The van der Waals surface area contributed by atoms with Gasteiger partial charge in [0.05, 0.1) is 12.9 Å². The molecule has 0 bridgehead atoms. The Bertz CT molecular complexity index is 210. The van der Waals surface area contributed by atoms with E-state index >= 15 is 0 Å². The van der Waals surface area contributed by atoms with Gasteiger partial charge in [-0.05, 0) is 0 Å². The van der Waals surface area contributed by atoms with E-state index in [4.69, 9.17) is 13.3 Å². The number of rotatable bonds is 7. The first kappa shape index (κ1) is 12.6. The van der Waals surface area contributed by atoms with Crippen molar-refractivity contribution in [2.24, 2.45) is 4.99 Å². The lowest BCUT2D eigenvalue weighted by Gasteiger charge is -2.28. The van der Waals surface area contributed by atoms with Crippen molar-refractivity contribution < 1.29 is 13.3 Å². The largest absolute Gasteiger partial charge is 0.501 e. The van der Waals surface area contributed by atoms with Crippen molar-refractivity contribution in [3.05, 3.63) is 0 Å². The summed E-state index contributed by atoms with van der Waals surface area (Å²) < 4.78 is 16.6. The molecule has 0 unspecified atom stereocenters. The molecule has 0 N–H and O–H groups in total. The van der Waals surface area contributed by atoms with Crippen LogP contribution in [-0.4, -0.2) is 54.1 Å². The van der Waals surface area contributed by atoms with Gasteiger partial charge in [-0.2, -0.15) is 0 Å². The van der Waals surface area contributed by atoms with Crippen LogP contribution in [0, 0.1) is 0 Å². The lowest BCUT2D eigenvalue weighted by atomic mass is 10.6. The highest BCUT2D eigenvalue weighted by molar-refractivity contribution is 6.60. The van der Waals surface area contributed by atoms with E-state index < -0.39 is 8.80 Å². The van der Waals surface area contributed by atoms with Crippen LogP contribution in [0.2, 0.25) is 6.04 Å². The Morgan fingerprint density at radius 2 is 2.13 bits per heavy atom. The van der Waals surface area contributed by atoms with Crippen molar-refractivity contribution in [3.63, 3.8) is 0 Å². The maximum atomic E-state index is 5.78. The Labute approximate surface area is 92.4 Å². The van der Waals surface area contributed by atoms with E-state index in [1.807, 2.05) is 11.2 Å². The fourth-order valence-electron chi connectivity index (χ4n) is 1.48. The molecule has 0 aromatic carbocycles. The van der Waals surface area contributed by atoms with Crippen LogP contribution in [0.3, 0.4) is 0 Å². The molecule has 0 aromatic heterocycles. The summed E-state index contributed by atoms with van der Waals surface area (Å²) in [5, 5.41) is 0. The van der Waals surface area contributed by atoms with Gasteiger partial charge < -0.3 is 18.2 Å². The molecule has 0 spiro atoms. The van der Waals surface area contributed by atoms with Crippen molar-refractivity contribution in [3.8, 4) is 0 Å². The van der Waals surface area contributed by atoms with E-state index in [1.54, 1.807) is 14.2 Å². The standard InChI is InChI=1S/C9H20N2O3Si/c1-4-7-15(12-2,13-3)14-9-11-6-5-10-8-11/h8H,4-7,9H2,1-3H3. The fraction of sp³-hybridized carbons (Fsp3) is 0.889. The third kappa shape index (κ3) is 3.56. The number of nitrogens with zero attached hydrogens (tertiary/aromatic N) is 2. The van der Waals surface area contributed by atoms with Crippen LogP contribution in [0.4, 0.5) is 0 Å². The molecule has 0 aliphatic carbocycles. The molecule has 1 heterocycles. The van der Waals surface area contributed by atoms with Gasteiger partial charge in [0.25, 0.3) is 0 Å². The smallest absolute Gasteiger partial charge is 0.377 e. The van der Waals surface area contributed by atoms with E-state index in [-0.39, 0.29) is 0 Å². The van der Waals surface area contributed by atoms with Crippen molar-refractivity contribution in [2.45, 2.75) is 19.4 Å². The predicted molar refractivity (Wildman–Crippen MR) is 60.9 cm³/mol. The molecular formula is C9H20N2O3Si. The van der Waals surface area contributed by atoms with E-state index in [2.05, 4.69) is 11.9 Å². The summed E-state index contributed by atoms with van der Waals surface area (Å²) in [6, 6.07) is 0.852. The SMILES string of the molecule is CCC[Si](OC)(OC)OCN1C=NCC1. The molecule has 0 amide bonds.